The van der Waals surface area contributed by atoms with Gasteiger partial charge in [0.2, 0.25) is 5.95 Å². The average Bonchev–Trinajstić information content (AvgIpc) is 2.76. The zero-order valence-corrected chi connectivity index (χ0v) is 12.1. The van der Waals surface area contributed by atoms with E-state index in [0.29, 0.717) is 22.8 Å². The Bertz CT molecular complexity index is 816. The van der Waals surface area contributed by atoms with Crippen molar-refractivity contribution in [1.82, 2.24) is 9.55 Å². The van der Waals surface area contributed by atoms with E-state index in [1.165, 1.54) is 6.07 Å². The van der Waals surface area contributed by atoms with Gasteiger partial charge in [-0.25, -0.2) is 9.37 Å². The molecule has 0 spiro atoms. The number of fused-ring (bicyclic) bond motifs is 1. The van der Waals surface area contributed by atoms with Gasteiger partial charge in [0.25, 0.3) is 0 Å². The molecule has 1 aromatic heterocycles. The number of benzene rings is 2. The highest BCUT2D eigenvalue weighted by Gasteiger charge is 2.12. The molecule has 4 nitrogen and oxygen atoms in total. The smallest absolute Gasteiger partial charge is 0.205 e. The summed E-state index contributed by atoms with van der Waals surface area (Å²) in [5.74, 6) is 0.0488. The molecule has 108 valence electrons. The zero-order chi connectivity index (χ0) is 15.0. The summed E-state index contributed by atoms with van der Waals surface area (Å²) in [6, 6.07) is 9.95. The maximum atomic E-state index is 14.0. The van der Waals surface area contributed by atoms with Gasteiger partial charge < -0.3 is 10.5 Å². The largest absolute Gasteiger partial charge is 0.491 e. The maximum absolute atomic E-state index is 14.0. The van der Waals surface area contributed by atoms with E-state index >= 15 is 0 Å². The Morgan fingerprint density at radius 3 is 2.81 bits per heavy atom. The lowest BCUT2D eigenvalue weighted by Gasteiger charge is -2.09. The predicted molar refractivity (Wildman–Crippen MR) is 81.6 cm³/mol. The minimum atomic E-state index is -0.440. The molecule has 0 aliphatic rings. The Morgan fingerprint density at radius 1 is 1.29 bits per heavy atom. The Labute approximate surface area is 125 Å². The predicted octanol–water partition coefficient (Wildman–Crippen LogP) is 3.80. The van der Waals surface area contributed by atoms with Crippen LogP contribution in [0.3, 0.4) is 0 Å². The van der Waals surface area contributed by atoms with E-state index in [0.717, 1.165) is 5.52 Å². The first-order valence-electron chi connectivity index (χ1n) is 6.46. The lowest BCUT2D eigenvalue weighted by molar-refractivity contribution is 0.321. The summed E-state index contributed by atoms with van der Waals surface area (Å²) in [6.45, 7) is 2.21. The molecule has 2 aromatic carbocycles. The first-order chi connectivity index (χ1) is 10.1. The van der Waals surface area contributed by atoms with Crippen LogP contribution in [0.4, 0.5) is 10.3 Å². The number of anilines is 1. The van der Waals surface area contributed by atoms with Gasteiger partial charge in [-0.05, 0) is 37.3 Å². The van der Waals surface area contributed by atoms with Gasteiger partial charge in [-0.3, -0.25) is 4.57 Å². The van der Waals surface area contributed by atoms with E-state index in [1.54, 1.807) is 41.8 Å². The van der Waals surface area contributed by atoms with Crippen LogP contribution in [0, 0.1) is 5.82 Å². The summed E-state index contributed by atoms with van der Waals surface area (Å²) in [5, 5.41) is 0.574. The normalized spacial score (nSPS) is 11.0. The second kappa shape index (κ2) is 5.26. The number of hydrogen-bond donors (Lipinski definition) is 1. The van der Waals surface area contributed by atoms with E-state index in [2.05, 4.69) is 4.98 Å². The first-order valence-corrected chi connectivity index (χ1v) is 6.84. The van der Waals surface area contributed by atoms with Gasteiger partial charge in [-0.15, -0.1) is 0 Å². The van der Waals surface area contributed by atoms with Crippen molar-refractivity contribution in [2.24, 2.45) is 0 Å². The summed E-state index contributed by atoms with van der Waals surface area (Å²) in [4.78, 5) is 4.24. The van der Waals surface area contributed by atoms with Gasteiger partial charge in [0.05, 0.1) is 23.3 Å². The molecular formula is C15H13ClFN3O. The van der Waals surface area contributed by atoms with E-state index in [1.807, 2.05) is 0 Å². The van der Waals surface area contributed by atoms with Gasteiger partial charge in [-0.1, -0.05) is 11.6 Å². The van der Waals surface area contributed by atoms with Crippen LogP contribution in [-0.2, 0) is 0 Å². The van der Waals surface area contributed by atoms with E-state index in [-0.39, 0.29) is 11.7 Å². The minimum Gasteiger partial charge on any atom is -0.491 e. The molecule has 0 saturated carbocycles. The Kier molecular flexibility index (Phi) is 3.43. The summed E-state index contributed by atoms with van der Waals surface area (Å²) >= 11 is 5.94. The molecular weight excluding hydrogens is 293 g/mol. The molecule has 0 aliphatic heterocycles. The molecule has 0 atom stereocenters. The van der Waals surface area contributed by atoms with Crippen LogP contribution in [0.15, 0.2) is 36.4 Å². The quantitative estimate of drug-likeness (QED) is 0.801. The number of nitrogens with zero attached hydrogens (tertiary/aromatic N) is 2. The Morgan fingerprint density at radius 2 is 2.10 bits per heavy atom. The highest BCUT2D eigenvalue weighted by molar-refractivity contribution is 6.31. The molecule has 0 amide bonds. The van der Waals surface area contributed by atoms with Crippen molar-refractivity contribution >= 4 is 28.6 Å². The van der Waals surface area contributed by atoms with E-state index in [4.69, 9.17) is 22.1 Å². The van der Waals surface area contributed by atoms with Crippen LogP contribution in [0.25, 0.3) is 16.7 Å². The number of halogens is 2. The van der Waals surface area contributed by atoms with Crippen molar-refractivity contribution in [2.75, 3.05) is 12.3 Å². The van der Waals surface area contributed by atoms with Crippen LogP contribution >= 0.6 is 11.6 Å². The summed E-state index contributed by atoms with van der Waals surface area (Å²) in [5.41, 5.74) is 7.94. The zero-order valence-electron chi connectivity index (χ0n) is 11.3. The van der Waals surface area contributed by atoms with Gasteiger partial charge in [0.15, 0.2) is 11.6 Å². The molecule has 1 heterocycles. The molecule has 6 heteroatoms. The number of nitrogens with two attached hydrogens (primary N) is 1. The molecule has 2 N–H and O–H groups in total. The third kappa shape index (κ3) is 2.40. The molecule has 0 aliphatic carbocycles. The van der Waals surface area contributed by atoms with E-state index in [9.17, 15) is 4.39 Å². The number of ether oxygens (including phenoxy) is 1. The van der Waals surface area contributed by atoms with Crippen LogP contribution in [0.2, 0.25) is 5.02 Å². The third-order valence-corrected chi connectivity index (χ3v) is 3.35. The monoisotopic (exact) mass is 305 g/mol. The SMILES string of the molecule is CCOc1ccc(-n2c(N)nc3cc(Cl)ccc32)cc1F. The second-order valence-corrected chi connectivity index (χ2v) is 4.92. The van der Waals surface area contributed by atoms with Crippen LogP contribution in [-0.4, -0.2) is 16.2 Å². The number of nitrogen functional groups attached to an aromatic ring is 1. The second-order valence-electron chi connectivity index (χ2n) is 4.49. The molecule has 0 saturated heterocycles. The van der Waals surface area contributed by atoms with Gasteiger partial charge in [0, 0.05) is 11.1 Å². The minimum absolute atomic E-state index is 0.215. The van der Waals surface area contributed by atoms with Crippen molar-refractivity contribution in [3.63, 3.8) is 0 Å². The highest BCUT2D eigenvalue weighted by atomic mass is 35.5. The van der Waals surface area contributed by atoms with Crippen molar-refractivity contribution in [3.8, 4) is 11.4 Å². The number of imidazole rings is 1. The molecule has 0 unspecified atom stereocenters. The fourth-order valence-electron chi connectivity index (χ4n) is 2.24. The van der Waals surface area contributed by atoms with Crippen LogP contribution in [0.1, 0.15) is 6.92 Å². The summed E-state index contributed by atoms with van der Waals surface area (Å²) in [6.07, 6.45) is 0. The van der Waals surface area contributed by atoms with Gasteiger partial charge >= 0.3 is 0 Å². The average molecular weight is 306 g/mol. The molecule has 0 bridgehead atoms. The van der Waals surface area contributed by atoms with Crippen molar-refractivity contribution < 1.29 is 9.13 Å². The van der Waals surface area contributed by atoms with Gasteiger partial charge in [0.1, 0.15) is 0 Å². The standard InChI is InChI=1S/C15H13ClFN3O/c1-2-21-14-6-4-10(8-11(14)17)20-13-5-3-9(16)7-12(13)19-15(20)18/h3-8H,2H2,1H3,(H2,18,19). The van der Waals surface area contributed by atoms with Crippen molar-refractivity contribution in [1.29, 1.82) is 0 Å². The molecule has 0 radical (unpaired) electrons. The third-order valence-electron chi connectivity index (χ3n) is 3.12. The Balaban J connectivity index is 2.16. The van der Waals surface area contributed by atoms with Crippen LogP contribution in [0.5, 0.6) is 5.75 Å². The molecule has 0 fully saturated rings. The van der Waals surface area contributed by atoms with Crippen molar-refractivity contribution in [3.05, 3.63) is 47.2 Å². The van der Waals surface area contributed by atoms with Crippen LogP contribution < -0.4 is 10.5 Å². The van der Waals surface area contributed by atoms with E-state index < -0.39 is 5.82 Å². The fraction of sp³-hybridized carbons (Fsp3) is 0.133. The van der Waals surface area contributed by atoms with Crippen molar-refractivity contribution in [2.45, 2.75) is 6.92 Å². The Hall–Kier alpha value is -2.27. The number of hydrogen-bond acceptors (Lipinski definition) is 3. The number of aromatic nitrogens is 2. The topological polar surface area (TPSA) is 53.1 Å². The fourth-order valence-corrected chi connectivity index (χ4v) is 2.41. The first kappa shape index (κ1) is 13.7. The highest BCUT2D eigenvalue weighted by Crippen LogP contribution is 2.28. The molecule has 3 aromatic rings. The lowest BCUT2D eigenvalue weighted by atomic mass is 10.2. The van der Waals surface area contributed by atoms with Gasteiger partial charge in [-0.2, -0.15) is 0 Å². The lowest BCUT2D eigenvalue weighted by Crippen LogP contribution is -2.02. The summed E-state index contributed by atoms with van der Waals surface area (Å²) in [7, 11) is 0. The number of rotatable bonds is 3. The molecule has 21 heavy (non-hydrogen) atoms. The summed E-state index contributed by atoms with van der Waals surface area (Å²) < 4.78 is 20.9. The maximum Gasteiger partial charge on any atom is 0.205 e. The molecule has 3 rings (SSSR count).